The van der Waals surface area contributed by atoms with Gasteiger partial charge in [0.15, 0.2) is 0 Å². The quantitative estimate of drug-likeness (QED) is 0.793. The lowest BCUT2D eigenvalue weighted by Gasteiger charge is -2.23. The second-order valence-electron chi connectivity index (χ2n) is 6.65. The molecule has 1 aliphatic carbocycles. The van der Waals surface area contributed by atoms with Gasteiger partial charge in [-0.2, -0.15) is 0 Å². The molecular weight excluding hydrogens is 330 g/mol. The molecule has 0 bridgehead atoms. The van der Waals surface area contributed by atoms with Crippen molar-refractivity contribution >= 4 is 22.0 Å². The van der Waals surface area contributed by atoms with Crippen molar-refractivity contribution in [1.29, 1.82) is 0 Å². The van der Waals surface area contributed by atoms with Gasteiger partial charge in [0.2, 0.25) is 0 Å². The number of ether oxygens (including phenoxy) is 1. The molecule has 0 heterocycles. The molecule has 1 aromatic rings. The number of hydrogen-bond acceptors (Lipinski definition) is 2. The smallest absolute Gasteiger partial charge is 0.407 e. The van der Waals surface area contributed by atoms with Crippen molar-refractivity contribution in [2.45, 2.75) is 51.2 Å². The molecule has 1 amide bonds. The number of halogens is 1. The highest BCUT2D eigenvalue weighted by Crippen LogP contribution is 2.50. The highest BCUT2D eigenvalue weighted by molar-refractivity contribution is 9.09. The van der Waals surface area contributed by atoms with E-state index < -0.39 is 5.60 Å². The molecule has 1 aliphatic rings. The predicted molar refractivity (Wildman–Crippen MR) is 88.9 cm³/mol. The van der Waals surface area contributed by atoms with Crippen LogP contribution in [-0.4, -0.2) is 23.1 Å². The van der Waals surface area contributed by atoms with Crippen molar-refractivity contribution < 1.29 is 9.53 Å². The Labute approximate surface area is 135 Å². The van der Waals surface area contributed by atoms with Crippen molar-refractivity contribution in [3.8, 4) is 0 Å². The Morgan fingerprint density at radius 1 is 1.38 bits per heavy atom. The van der Waals surface area contributed by atoms with Crippen LogP contribution in [-0.2, 0) is 4.74 Å². The molecule has 0 radical (unpaired) electrons. The number of carbonyl (C=O) groups excluding carboxylic acids is 1. The summed E-state index contributed by atoms with van der Waals surface area (Å²) in [6.07, 6.45) is 1.75. The lowest BCUT2D eigenvalue weighted by molar-refractivity contribution is 0.0496. The zero-order chi connectivity index (χ0) is 15.5. The topological polar surface area (TPSA) is 38.3 Å². The molecule has 1 fully saturated rings. The summed E-state index contributed by atoms with van der Waals surface area (Å²) in [5.41, 5.74) is 0.916. The maximum absolute atomic E-state index is 12.0. The highest BCUT2D eigenvalue weighted by atomic mass is 79.9. The van der Waals surface area contributed by atoms with Gasteiger partial charge in [-0.15, -0.1) is 0 Å². The first-order chi connectivity index (χ1) is 9.90. The maximum atomic E-state index is 12.0. The lowest BCUT2D eigenvalue weighted by atomic mass is 10.0. The van der Waals surface area contributed by atoms with Crippen molar-refractivity contribution in [2.24, 2.45) is 5.92 Å². The van der Waals surface area contributed by atoms with E-state index >= 15 is 0 Å². The lowest BCUT2D eigenvalue weighted by Crippen LogP contribution is -2.40. The van der Waals surface area contributed by atoms with E-state index in [1.807, 2.05) is 26.8 Å². The molecule has 21 heavy (non-hydrogen) atoms. The molecule has 0 spiro atoms. The summed E-state index contributed by atoms with van der Waals surface area (Å²) in [6, 6.07) is 10.7. The second-order valence-corrected chi connectivity index (χ2v) is 7.44. The first-order valence-corrected chi connectivity index (χ1v) is 8.63. The van der Waals surface area contributed by atoms with E-state index in [1.165, 1.54) is 5.56 Å². The van der Waals surface area contributed by atoms with Gasteiger partial charge in [0.1, 0.15) is 5.60 Å². The minimum Gasteiger partial charge on any atom is -0.444 e. The molecule has 0 aliphatic heterocycles. The predicted octanol–water partition coefficient (Wildman–Crippen LogP) is 4.47. The highest BCUT2D eigenvalue weighted by Gasteiger charge is 2.44. The van der Waals surface area contributed by atoms with Crippen molar-refractivity contribution in [2.75, 3.05) is 5.33 Å². The Bertz CT molecular complexity index is 469. The van der Waals surface area contributed by atoms with Gasteiger partial charge in [0.05, 0.1) is 0 Å². The van der Waals surface area contributed by atoms with Crippen molar-refractivity contribution in [1.82, 2.24) is 5.32 Å². The standard InChI is InChI=1S/C17H24BrNO2/c1-17(2,3)21-16(20)19-15(9-10-18)14-11-13(14)12-7-5-4-6-8-12/h4-8,13-15H,9-11H2,1-3H3,(H,19,20). The molecule has 1 aromatic carbocycles. The third-order valence-corrected chi connectivity index (χ3v) is 4.16. The van der Waals surface area contributed by atoms with E-state index in [0.29, 0.717) is 11.8 Å². The van der Waals surface area contributed by atoms with Gasteiger partial charge in [-0.1, -0.05) is 46.3 Å². The van der Waals surface area contributed by atoms with Crippen LogP contribution in [0.5, 0.6) is 0 Å². The summed E-state index contributed by atoms with van der Waals surface area (Å²) in [7, 11) is 0. The summed E-state index contributed by atoms with van der Waals surface area (Å²) in [5, 5.41) is 3.93. The normalized spacial score (nSPS) is 22.5. The number of rotatable bonds is 5. The Kier molecular flexibility index (Phi) is 5.31. The first kappa shape index (κ1) is 16.3. The molecule has 0 saturated heterocycles. The van der Waals surface area contributed by atoms with Gasteiger partial charge >= 0.3 is 6.09 Å². The zero-order valence-corrected chi connectivity index (χ0v) is 14.5. The van der Waals surface area contributed by atoms with Crippen LogP contribution in [0.3, 0.4) is 0 Å². The number of carbonyl (C=O) groups is 1. The Morgan fingerprint density at radius 2 is 2.05 bits per heavy atom. The summed E-state index contributed by atoms with van der Waals surface area (Å²) >= 11 is 3.48. The van der Waals surface area contributed by atoms with Crippen LogP contribution in [0.2, 0.25) is 0 Å². The fraction of sp³-hybridized carbons (Fsp3) is 0.588. The second kappa shape index (κ2) is 6.82. The van der Waals surface area contributed by atoms with Crippen LogP contribution in [0.15, 0.2) is 30.3 Å². The molecule has 0 aromatic heterocycles. The van der Waals surface area contributed by atoms with Gasteiger partial charge in [-0.25, -0.2) is 4.79 Å². The Morgan fingerprint density at radius 3 is 2.62 bits per heavy atom. The van der Waals surface area contributed by atoms with E-state index in [-0.39, 0.29) is 12.1 Å². The number of hydrogen-bond donors (Lipinski definition) is 1. The van der Waals surface area contributed by atoms with Crippen molar-refractivity contribution in [3.63, 3.8) is 0 Å². The molecular formula is C17H24BrNO2. The maximum Gasteiger partial charge on any atom is 0.407 e. The van der Waals surface area contributed by atoms with E-state index in [0.717, 1.165) is 18.2 Å². The average molecular weight is 354 g/mol. The molecule has 1 N–H and O–H groups in total. The monoisotopic (exact) mass is 353 g/mol. The third kappa shape index (κ3) is 5.03. The molecule has 3 atom stereocenters. The number of alkyl halides is 1. The molecule has 3 nitrogen and oxygen atoms in total. The molecule has 1 saturated carbocycles. The summed E-state index contributed by atoms with van der Waals surface area (Å²) in [6.45, 7) is 5.65. The third-order valence-electron chi connectivity index (χ3n) is 3.71. The molecule has 4 heteroatoms. The number of amides is 1. The van der Waals surface area contributed by atoms with Crippen LogP contribution >= 0.6 is 15.9 Å². The van der Waals surface area contributed by atoms with Crippen LogP contribution in [0.1, 0.15) is 45.1 Å². The summed E-state index contributed by atoms with van der Waals surface area (Å²) < 4.78 is 5.37. The van der Waals surface area contributed by atoms with E-state index in [1.54, 1.807) is 0 Å². The van der Waals surface area contributed by atoms with Gasteiger partial charge < -0.3 is 10.1 Å². The number of benzene rings is 1. The fourth-order valence-corrected chi connectivity index (χ4v) is 3.21. The van der Waals surface area contributed by atoms with E-state index in [4.69, 9.17) is 4.74 Å². The molecule has 3 unspecified atom stereocenters. The average Bonchev–Trinajstić information content (AvgIpc) is 3.17. The van der Waals surface area contributed by atoms with E-state index in [2.05, 4.69) is 45.5 Å². The largest absolute Gasteiger partial charge is 0.444 e. The molecule has 116 valence electrons. The number of alkyl carbamates (subject to hydrolysis) is 1. The Hall–Kier alpha value is -1.03. The van der Waals surface area contributed by atoms with Crippen LogP contribution < -0.4 is 5.32 Å². The van der Waals surface area contributed by atoms with Gasteiger partial charge in [-0.3, -0.25) is 0 Å². The van der Waals surface area contributed by atoms with Gasteiger partial charge in [-0.05, 0) is 51.0 Å². The minimum absolute atomic E-state index is 0.171. The van der Waals surface area contributed by atoms with Crippen LogP contribution in [0.4, 0.5) is 4.79 Å². The summed E-state index contributed by atoms with van der Waals surface area (Å²) in [4.78, 5) is 12.0. The zero-order valence-electron chi connectivity index (χ0n) is 12.9. The van der Waals surface area contributed by atoms with Crippen molar-refractivity contribution in [3.05, 3.63) is 35.9 Å². The van der Waals surface area contributed by atoms with Gasteiger partial charge in [0, 0.05) is 11.4 Å². The fourth-order valence-electron chi connectivity index (χ4n) is 2.71. The van der Waals surface area contributed by atoms with E-state index in [9.17, 15) is 4.79 Å². The Balaban J connectivity index is 1.93. The molecule has 2 rings (SSSR count). The number of nitrogens with one attached hydrogen (secondary N) is 1. The summed E-state index contributed by atoms with van der Waals surface area (Å²) in [5.74, 6) is 1.07. The van der Waals surface area contributed by atoms with Gasteiger partial charge in [0.25, 0.3) is 0 Å². The van der Waals surface area contributed by atoms with Crippen LogP contribution in [0, 0.1) is 5.92 Å². The first-order valence-electron chi connectivity index (χ1n) is 7.51. The van der Waals surface area contributed by atoms with Crippen LogP contribution in [0.25, 0.3) is 0 Å². The SMILES string of the molecule is CC(C)(C)OC(=O)NC(CCBr)C1CC1c1ccccc1. The minimum atomic E-state index is -0.453.